The number of rotatable bonds is 1. The summed E-state index contributed by atoms with van der Waals surface area (Å²) >= 11 is 0. The molecule has 2 nitrogen and oxygen atoms in total. The minimum atomic E-state index is 0. The Morgan fingerprint density at radius 2 is 2.00 bits per heavy atom. The van der Waals surface area contributed by atoms with Gasteiger partial charge in [-0.1, -0.05) is 12.1 Å². The molecule has 0 saturated heterocycles. The third-order valence-electron chi connectivity index (χ3n) is 1.14. The third-order valence-corrected chi connectivity index (χ3v) is 1.14. The molecule has 0 spiro atoms. The number of benzene rings is 1. The molecule has 0 aliphatic rings. The molecule has 0 unspecified atom stereocenters. The molecule has 0 radical (unpaired) electrons. The SMILES string of the molecule is COc1ccccc1N.[H-].[Na+]. The zero-order chi connectivity index (χ0) is 6.69. The first-order valence-electron chi connectivity index (χ1n) is 2.73. The van der Waals surface area contributed by atoms with Gasteiger partial charge in [0.05, 0.1) is 12.8 Å². The molecule has 0 aromatic heterocycles. The topological polar surface area (TPSA) is 35.2 Å². The number of nitrogens with two attached hydrogens (primary N) is 1. The fourth-order valence-electron chi connectivity index (χ4n) is 0.666. The Bertz CT molecular complexity index is 207. The molecule has 0 saturated carbocycles. The molecular formula is C7H10NNaO. The Balaban J connectivity index is 0. The minimum absolute atomic E-state index is 0. The summed E-state index contributed by atoms with van der Waals surface area (Å²) in [5, 5.41) is 0. The van der Waals surface area contributed by atoms with Gasteiger partial charge in [0.2, 0.25) is 0 Å². The van der Waals surface area contributed by atoms with E-state index in [0.717, 1.165) is 5.75 Å². The van der Waals surface area contributed by atoms with Gasteiger partial charge in [0.1, 0.15) is 5.75 Å². The molecule has 0 amide bonds. The first kappa shape index (κ1) is 9.82. The average molecular weight is 147 g/mol. The maximum atomic E-state index is 5.51. The largest absolute Gasteiger partial charge is 1.00 e. The van der Waals surface area contributed by atoms with Gasteiger partial charge in [-0.15, -0.1) is 0 Å². The van der Waals surface area contributed by atoms with Crippen LogP contribution in [0.1, 0.15) is 1.43 Å². The third kappa shape index (κ3) is 2.21. The number of ether oxygens (including phenoxy) is 1. The van der Waals surface area contributed by atoms with Crippen LogP contribution < -0.4 is 40.0 Å². The van der Waals surface area contributed by atoms with Crippen molar-refractivity contribution in [2.24, 2.45) is 0 Å². The van der Waals surface area contributed by atoms with E-state index in [1.165, 1.54) is 0 Å². The number of anilines is 1. The van der Waals surface area contributed by atoms with Crippen LogP contribution >= 0.6 is 0 Å². The standard InChI is InChI=1S/C7H9NO.Na.H/c1-9-7-5-3-2-4-6(7)8;;/h2-5H,8H2,1H3;;/q;+1;-1. The Morgan fingerprint density at radius 1 is 1.40 bits per heavy atom. The Labute approximate surface area is 84.1 Å². The van der Waals surface area contributed by atoms with E-state index in [2.05, 4.69) is 0 Å². The van der Waals surface area contributed by atoms with Crippen LogP contribution in [0.5, 0.6) is 5.75 Å². The number of nitrogen functional groups attached to an aromatic ring is 1. The van der Waals surface area contributed by atoms with E-state index in [1.54, 1.807) is 13.2 Å². The summed E-state index contributed by atoms with van der Waals surface area (Å²) in [6, 6.07) is 7.39. The average Bonchev–Trinajstić information content (AvgIpc) is 1.89. The Hall–Kier alpha value is -0.180. The van der Waals surface area contributed by atoms with Gasteiger partial charge in [-0.3, -0.25) is 0 Å². The van der Waals surface area contributed by atoms with Crippen LogP contribution in [0.15, 0.2) is 24.3 Å². The molecule has 0 heterocycles. The maximum absolute atomic E-state index is 5.51. The second-order valence-electron chi connectivity index (χ2n) is 1.74. The predicted octanol–water partition coefficient (Wildman–Crippen LogP) is -1.61. The summed E-state index contributed by atoms with van der Waals surface area (Å²) in [5.41, 5.74) is 6.19. The molecule has 0 bridgehead atoms. The van der Waals surface area contributed by atoms with E-state index in [-0.39, 0.29) is 31.0 Å². The van der Waals surface area contributed by atoms with Crippen molar-refractivity contribution >= 4 is 5.69 Å². The molecule has 1 aromatic rings. The molecule has 2 N–H and O–H groups in total. The minimum Gasteiger partial charge on any atom is -1.00 e. The number of hydrogen-bond acceptors (Lipinski definition) is 2. The van der Waals surface area contributed by atoms with Crippen molar-refractivity contribution in [1.82, 2.24) is 0 Å². The molecule has 3 heteroatoms. The molecule has 10 heavy (non-hydrogen) atoms. The monoisotopic (exact) mass is 147 g/mol. The van der Waals surface area contributed by atoms with Gasteiger partial charge in [0, 0.05) is 0 Å². The van der Waals surface area contributed by atoms with Crippen molar-refractivity contribution in [2.45, 2.75) is 0 Å². The second-order valence-corrected chi connectivity index (χ2v) is 1.74. The second kappa shape index (κ2) is 4.61. The van der Waals surface area contributed by atoms with Gasteiger partial charge >= 0.3 is 29.6 Å². The first-order chi connectivity index (χ1) is 4.34. The fraction of sp³-hybridized carbons (Fsp3) is 0.143. The van der Waals surface area contributed by atoms with Crippen molar-refractivity contribution < 1.29 is 35.7 Å². The van der Waals surface area contributed by atoms with Crippen LogP contribution in [-0.2, 0) is 0 Å². The Kier molecular flexibility index (Phi) is 4.52. The molecule has 0 fully saturated rings. The molecule has 0 aliphatic heterocycles. The predicted molar refractivity (Wildman–Crippen MR) is 38.5 cm³/mol. The van der Waals surface area contributed by atoms with E-state index < -0.39 is 0 Å². The quantitative estimate of drug-likeness (QED) is 0.383. The van der Waals surface area contributed by atoms with Crippen molar-refractivity contribution in [3.8, 4) is 5.75 Å². The van der Waals surface area contributed by atoms with Gasteiger partial charge in [0.15, 0.2) is 0 Å². The van der Waals surface area contributed by atoms with E-state index in [0.29, 0.717) is 5.69 Å². The van der Waals surface area contributed by atoms with E-state index in [1.807, 2.05) is 18.2 Å². The molecule has 1 aromatic carbocycles. The van der Waals surface area contributed by atoms with Crippen LogP contribution in [0.2, 0.25) is 0 Å². The van der Waals surface area contributed by atoms with E-state index in [4.69, 9.17) is 10.5 Å². The number of para-hydroxylation sites is 2. The van der Waals surface area contributed by atoms with Crippen LogP contribution in [0.4, 0.5) is 5.69 Å². The van der Waals surface area contributed by atoms with Gasteiger partial charge in [-0.25, -0.2) is 0 Å². The zero-order valence-electron chi connectivity index (χ0n) is 7.29. The summed E-state index contributed by atoms with van der Waals surface area (Å²) in [7, 11) is 1.60. The molecular weight excluding hydrogens is 137 g/mol. The molecule has 0 atom stereocenters. The summed E-state index contributed by atoms with van der Waals surface area (Å²) < 4.78 is 4.92. The van der Waals surface area contributed by atoms with Gasteiger partial charge in [0.25, 0.3) is 0 Å². The summed E-state index contributed by atoms with van der Waals surface area (Å²) in [5.74, 6) is 0.734. The van der Waals surface area contributed by atoms with Crippen LogP contribution in [0.3, 0.4) is 0 Å². The maximum Gasteiger partial charge on any atom is 1.00 e. The number of hydrogen-bond donors (Lipinski definition) is 1. The summed E-state index contributed by atoms with van der Waals surface area (Å²) in [4.78, 5) is 0. The molecule has 50 valence electrons. The van der Waals surface area contributed by atoms with Crippen LogP contribution in [-0.4, -0.2) is 7.11 Å². The van der Waals surface area contributed by atoms with Gasteiger partial charge in [-0.2, -0.15) is 0 Å². The number of methoxy groups -OCH3 is 1. The van der Waals surface area contributed by atoms with Gasteiger partial charge < -0.3 is 11.9 Å². The van der Waals surface area contributed by atoms with E-state index >= 15 is 0 Å². The van der Waals surface area contributed by atoms with Crippen molar-refractivity contribution in [1.29, 1.82) is 0 Å². The summed E-state index contributed by atoms with van der Waals surface area (Å²) in [6.07, 6.45) is 0. The normalized spacial score (nSPS) is 8.10. The van der Waals surface area contributed by atoms with Crippen molar-refractivity contribution in [3.63, 3.8) is 0 Å². The molecule has 0 aliphatic carbocycles. The Morgan fingerprint density at radius 3 is 2.40 bits per heavy atom. The zero-order valence-corrected chi connectivity index (χ0v) is 8.29. The van der Waals surface area contributed by atoms with Crippen LogP contribution in [0, 0.1) is 0 Å². The van der Waals surface area contributed by atoms with Gasteiger partial charge in [-0.05, 0) is 12.1 Å². The first-order valence-corrected chi connectivity index (χ1v) is 2.73. The fourth-order valence-corrected chi connectivity index (χ4v) is 0.666. The smallest absolute Gasteiger partial charge is 1.00 e. The molecule has 1 rings (SSSR count). The van der Waals surface area contributed by atoms with Crippen molar-refractivity contribution in [2.75, 3.05) is 12.8 Å². The van der Waals surface area contributed by atoms with Crippen molar-refractivity contribution in [3.05, 3.63) is 24.3 Å². The van der Waals surface area contributed by atoms with E-state index in [9.17, 15) is 0 Å². The summed E-state index contributed by atoms with van der Waals surface area (Å²) in [6.45, 7) is 0. The van der Waals surface area contributed by atoms with Crippen LogP contribution in [0.25, 0.3) is 0 Å².